The Kier molecular flexibility index (Phi) is 7.10. The van der Waals surface area contributed by atoms with Crippen molar-refractivity contribution in [2.75, 3.05) is 11.9 Å². The number of nitrogens with one attached hydrogen (secondary N) is 1. The van der Waals surface area contributed by atoms with E-state index in [0.717, 1.165) is 45.7 Å². The molecule has 0 amide bonds. The van der Waals surface area contributed by atoms with Crippen molar-refractivity contribution >= 4 is 45.9 Å². The van der Waals surface area contributed by atoms with Gasteiger partial charge < -0.3 is 15.0 Å². The molecule has 2 aromatic carbocycles. The van der Waals surface area contributed by atoms with Crippen molar-refractivity contribution in [1.29, 1.82) is 0 Å². The molecule has 0 spiro atoms. The van der Waals surface area contributed by atoms with Gasteiger partial charge in [0, 0.05) is 35.8 Å². The average molecular weight is 497 g/mol. The van der Waals surface area contributed by atoms with Gasteiger partial charge in [-0.25, -0.2) is 14.8 Å². The van der Waals surface area contributed by atoms with Gasteiger partial charge in [0.25, 0.3) is 0 Å². The number of carbonyl (C=O) groups is 1. The van der Waals surface area contributed by atoms with Crippen molar-refractivity contribution in [3.05, 3.63) is 75.2 Å². The highest BCUT2D eigenvalue weighted by Gasteiger charge is 2.17. The first-order valence-corrected chi connectivity index (χ1v) is 11.9. The van der Waals surface area contributed by atoms with Crippen LogP contribution >= 0.6 is 23.2 Å². The molecule has 8 heteroatoms. The van der Waals surface area contributed by atoms with Gasteiger partial charge in [0.2, 0.25) is 0 Å². The lowest BCUT2D eigenvalue weighted by molar-refractivity contribution is 0.0696. The highest BCUT2D eigenvalue weighted by Crippen LogP contribution is 2.30. The number of aryl methyl sites for hydroxylation is 3. The fourth-order valence-electron chi connectivity index (χ4n) is 4.35. The molecule has 0 saturated carbocycles. The Hall–Kier alpha value is -3.09. The van der Waals surface area contributed by atoms with Gasteiger partial charge in [-0.3, -0.25) is 0 Å². The van der Waals surface area contributed by atoms with Crippen LogP contribution in [0.5, 0.6) is 0 Å². The van der Waals surface area contributed by atoms with E-state index in [9.17, 15) is 9.90 Å². The van der Waals surface area contributed by atoms with Gasteiger partial charge in [-0.05, 0) is 61.7 Å². The normalized spacial score (nSPS) is 11.2. The number of rotatable bonds is 8. The van der Waals surface area contributed by atoms with Gasteiger partial charge in [-0.2, -0.15) is 0 Å². The first-order chi connectivity index (χ1) is 16.3. The lowest BCUT2D eigenvalue weighted by Gasteiger charge is -2.13. The number of benzene rings is 2. The summed E-state index contributed by atoms with van der Waals surface area (Å²) in [5, 5.41) is 15.0. The van der Waals surface area contributed by atoms with Crippen LogP contribution in [0.15, 0.2) is 42.7 Å². The monoisotopic (exact) mass is 496 g/mol. The third-order valence-electron chi connectivity index (χ3n) is 5.81. The van der Waals surface area contributed by atoms with Crippen LogP contribution in [0.2, 0.25) is 10.0 Å². The van der Waals surface area contributed by atoms with Gasteiger partial charge in [0.05, 0.1) is 26.8 Å². The molecule has 0 aliphatic heterocycles. The van der Waals surface area contributed by atoms with Crippen molar-refractivity contribution in [3.63, 3.8) is 0 Å². The molecular weight excluding hydrogens is 471 g/mol. The van der Waals surface area contributed by atoms with Gasteiger partial charge in [0.15, 0.2) is 0 Å². The van der Waals surface area contributed by atoms with Crippen LogP contribution in [0.3, 0.4) is 0 Å². The predicted molar refractivity (Wildman–Crippen MR) is 138 cm³/mol. The summed E-state index contributed by atoms with van der Waals surface area (Å²) in [5.41, 5.74) is 5.61. The molecule has 0 unspecified atom stereocenters. The van der Waals surface area contributed by atoms with Crippen LogP contribution in [-0.4, -0.2) is 32.2 Å². The van der Waals surface area contributed by atoms with Gasteiger partial charge in [-0.1, -0.05) is 36.5 Å². The summed E-state index contributed by atoms with van der Waals surface area (Å²) in [6.07, 6.45) is 2.93. The quantitative estimate of drug-likeness (QED) is 0.280. The van der Waals surface area contributed by atoms with E-state index in [2.05, 4.69) is 38.9 Å². The summed E-state index contributed by atoms with van der Waals surface area (Å²) < 4.78 is 2.20. The summed E-state index contributed by atoms with van der Waals surface area (Å²) in [5.74, 6) is -0.343. The van der Waals surface area contributed by atoms with Gasteiger partial charge in [0.1, 0.15) is 12.1 Å². The van der Waals surface area contributed by atoms with Crippen molar-refractivity contribution in [3.8, 4) is 11.3 Å². The van der Waals surface area contributed by atoms with Crippen LogP contribution in [0.4, 0.5) is 5.82 Å². The molecule has 0 radical (unpaired) electrons. The molecular formula is C26H26Cl2N4O2. The number of fused-ring (bicyclic) bond motifs is 1. The van der Waals surface area contributed by atoms with Gasteiger partial charge >= 0.3 is 5.97 Å². The number of halogens is 2. The highest BCUT2D eigenvalue weighted by molar-refractivity contribution is 6.35. The fraction of sp³-hybridized carbons (Fsp3) is 0.269. The highest BCUT2D eigenvalue weighted by atomic mass is 35.5. The van der Waals surface area contributed by atoms with E-state index in [-0.39, 0.29) is 10.6 Å². The topological polar surface area (TPSA) is 80.0 Å². The van der Waals surface area contributed by atoms with Crippen molar-refractivity contribution in [2.24, 2.45) is 0 Å². The Labute approximate surface area is 208 Å². The molecule has 2 heterocycles. The number of carboxylic acids is 1. The number of carboxylic acid groups (broad SMARTS) is 1. The van der Waals surface area contributed by atoms with E-state index in [0.29, 0.717) is 30.0 Å². The molecule has 2 aromatic heterocycles. The van der Waals surface area contributed by atoms with Crippen LogP contribution < -0.4 is 5.32 Å². The van der Waals surface area contributed by atoms with Crippen LogP contribution in [0.1, 0.15) is 40.5 Å². The zero-order valence-electron chi connectivity index (χ0n) is 19.3. The second kappa shape index (κ2) is 10.0. The van der Waals surface area contributed by atoms with E-state index in [1.165, 1.54) is 6.33 Å². The average Bonchev–Trinajstić information content (AvgIpc) is 3.08. The first-order valence-electron chi connectivity index (χ1n) is 11.2. The third kappa shape index (κ3) is 4.88. The number of anilines is 1. The van der Waals surface area contributed by atoms with Crippen LogP contribution in [-0.2, 0) is 13.0 Å². The second-order valence-corrected chi connectivity index (χ2v) is 9.20. The molecule has 0 saturated heterocycles. The molecule has 0 atom stereocenters. The molecule has 2 N–H and O–H groups in total. The van der Waals surface area contributed by atoms with E-state index < -0.39 is 5.97 Å². The second-order valence-electron chi connectivity index (χ2n) is 8.38. The van der Waals surface area contributed by atoms with E-state index in [4.69, 9.17) is 23.2 Å². The largest absolute Gasteiger partial charge is 0.478 e. The summed E-state index contributed by atoms with van der Waals surface area (Å²) >= 11 is 12.9. The number of hydrogen-bond donors (Lipinski definition) is 2. The van der Waals surface area contributed by atoms with E-state index in [1.807, 2.05) is 32.0 Å². The minimum Gasteiger partial charge on any atom is -0.478 e. The molecule has 176 valence electrons. The maximum atomic E-state index is 11.6. The van der Waals surface area contributed by atoms with Crippen molar-refractivity contribution in [2.45, 2.75) is 40.2 Å². The summed E-state index contributed by atoms with van der Waals surface area (Å²) in [4.78, 5) is 20.4. The van der Waals surface area contributed by atoms with Crippen molar-refractivity contribution in [1.82, 2.24) is 14.5 Å². The predicted octanol–water partition coefficient (Wildman–Crippen LogP) is 6.78. The summed E-state index contributed by atoms with van der Waals surface area (Å²) in [6, 6.07) is 11.6. The summed E-state index contributed by atoms with van der Waals surface area (Å²) in [6.45, 7) is 7.48. The third-order valence-corrected chi connectivity index (χ3v) is 6.39. The first kappa shape index (κ1) is 24.0. The number of hydrogen-bond acceptors (Lipinski definition) is 4. The Morgan fingerprint density at radius 1 is 1.06 bits per heavy atom. The Balaban J connectivity index is 1.55. The zero-order chi connectivity index (χ0) is 24.4. The Bertz CT molecular complexity index is 1380. The van der Waals surface area contributed by atoms with Gasteiger partial charge in [-0.15, -0.1) is 0 Å². The number of nitrogens with zero attached hydrogens (tertiary/aromatic N) is 3. The smallest absolute Gasteiger partial charge is 0.337 e. The Morgan fingerprint density at radius 2 is 1.85 bits per heavy atom. The van der Waals surface area contributed by atoms with Crippen LogP contribution in [0, 0.1) is 13.8 Å². The molecule has 0 aliphatic carbocycles. The maximum absolute atomic E-state index is 11.6. The summed E-state index contributed by atoms with van der Waals surface area (Å²) in [7, 11) is 0. The lowest BCUT2D eigenvalue weighted by Crippen LogP contribution is -2.12. The number of aromatic nitrogens is 3. The van der Waals surface area contributed by atoms with E-state index >= 15 is 0 Å². The molecule has 0 aliphatic rings. The molecule has 34 heavy (non-hydrogen) atoms. The minimum absolute atomic E-state index is 0.155. The molecule has 0 fully saturated rings. The molecule has 4 rings (SSSR count). The van der Waals surface area contributed by atoms with Crippen LogP contribution in [0.25, 0.3) is 22.2 Å². The maximum Gasteiger partial charge on any atom is 0.337 e. The van der Waals surface area contributed by atoms with E-state index in [1.54, 1.807) is 6.07 Å². The fourth-order valence-corrected chi connectivity index (χ4v) is 5.05. The SMILES string of the molecule is CCCc1cc(-c2cc(NCCn3c(C)cc4cc(C)cc(Cl)c43)ncn2)cc(Cl)c1C(=O)O. The molecule has 4 aromatic rings. The molecule has 6 nitrogen and oxygen atoms in total. The number of aromatic carboxylic acids is 1. The van der Waals surface area contributed by atoms with Crippen molar-refractivity contribution < 1.29 is 9.90 Å². The molecule has 0 bridgehead atoms. The lowest BCUT2D eigenvalue weighted by atomic mass is 9.98. The Morgan fingerprint density at radius 3 is 2.59 bits per heavy atom. The standard InChI is InChI=1S/C26H26Cl2N4O2/c1-4-5-17-11-18(12-20(27)24(17)26(33)34)22-13-23(31-14-30-22)29-6-7-32-16(3)10-19-8-15(2)9-21(28)25(19)32/h8-14H,4-7H2,1-3H3,(H,33,34)(H,29,30,31). The minimum atomic E-state index is -1.02. The zero-order valence-corrected chi connectivity index (χ0v) is 20.8.